The van der Waals surface area contributed by atoms with Gasteiger partial charge in [0.25, 0.3) is 0 Å². The molecule has 0 radical (unpaired) electrons. The van der Waals surface area contributed by atoms with Gasteiger partial charge in [0.05, 0.1) is 17.9 Å². The first-order valence-electron chi connectivity index (χ1n) is 12.0. The lowest BCUT2D eigenvalue weighted by Crippen LogP contribution is -2.44. The van der Waals surface area contributed by atoms with Crippen molar-refractivity contribution < 1.29 is 13.9 Å². The second kappa shape index (κ2) is 10.3. The van der Waals surface area contributed by atoms with E-state index in [-0.39, 0.29) is 23.3 Å². The Kier molecular flexibility index (Phi) is 6.92. The molecule has 1 amide bonds. The van der Waals surface area contributed by atoms with Crippen LogP contribution in [-0.2, 0) is 11.3 Å². The van der Waals surface area contributed by atoms with Crippen LogP contribution in [0.3, 0.4) is 0 Å². The van der Waals surface area contributed by atoms with Gasteiger partial charge in [-0.2, -0.15) is 0 Å². The number of rotatable bonds is 7. The number of nitrogens with two attached hydrogens (primary N) is 1. The molecule has 5 rings (SSSR count). The lowest BCUT2D eigenvalue weighted by atomic mass is 9.92. The van der Waals surface area contributed by atoms with Gasteiger partial charge in [-0.15, -0.1) is 11.3 Å². The van der Waals surface area contributed by atoms with E-state index in [0.717, 1.165) is 37.3 Å². The summed E-state index contributed by atoms with van der Waals surface area (Å²) in [4.78, 5) is 29.6. The van der Waals surface area contributed by atoms with Crippen molar-refractivity contribution in [3.05, 3.63) is 86.4 Å². The molecule has 2 aromatic heterocycles. The Morgan fingerprint density at radius 1 is 1.14 bits per heavy atom. The zero-order chi connectivity index (χ0) is 26.1. The Bertz CT molecular complexity index is 1550. The molecule has 9 heteroatoms. The Morgan fingerprint density at radius 2 is 1.89 bits per heavy atom. The molecule has 3 N–H and O–H groups in total. The third-order valence-electron chi connectivity index (χ3n) is 6.67. The lowest BCUT2D eigenvalue weighted by molar-refractivity contribution is 0.0995. The van der Waals surface area contributed by atoms with Gasteiger partial charge in [0, 0.05) is 61.4 Å². The lowest BCUT2D eigenvalue weighted by Gasteiger charge is -2.32. The molecule has 8 nitrogen and oxygen atoms in total. The molecule has 0 spiro atoms. The number of thiophene rings is 1. The molecule has 1 aliphatic rings. The van der Waals surface area contributed by atoms with Crippen molar-refractivity contribution in [1.82, 2.24) is 4.90 Å². The van der Waals surface area contributed by atoms with Gasteiger partial charge in [0.1, 0.15) is 4.70 Å². The average molecular weight is 517 g/mol. The molecule has 2 aromatic carbocycles. The normalized spacial score (nSPS) is 14.3. The number of carbonyl (C=O) groups excluding carboxylic acids is 1. The number of nitrogens with zero attached hydrogens (tertiary/aromatic N) is 2. The molecule has 0 aliphatic carbocycles. The highest BCUT2D eigenvalue weighted by Gasteiger charge is 2.21. The molecule has 4 aromatic rings. The predicted molar refractivity (Wildman–Crippen MR) is 147 cm³/mol. The second-order valence-electron chi connectivity index (χ2n) is 9.14. The van der Waals surface area contributed by atoms with E-state index in [0.29, 0.717) is 32.9 Å². The molecule has 0 saturated carbocycles. The number of amides is 1. The number of anilines is 1. The monoisotopic (exact) mass is 516 g/mol. The van der Waals surface area contributed by atoms with Crippen LogP contribution < -0.4 is 16.1 Å². The molecule has 190 valence electrons. The number of carbonyl (C=O) groups is 1. The highest BCUT2D eigenvalue weighted by Crippen LogP contribution is 2.35. The highest BCUT2D eigenvalue weighted by molar-refractivity contribution is 7.17. The Morgan fingerprint density at radius 3 is 2.62 bits per heavy atom. The molecular weight excluding hydrogens is 488 g/mol. The fourth-order valence-corrected chi connectivity index (χ4v) is 5.60. The van der Waals surface area contributed by atoms with Crippen LogP contribution in [-0.4, -0.2) is 56.9 Å². The maximum Gasteiger partial charge on any atom is 0.249 e. The standard InChI is InChI=1S/C28H28N4O4S/c1-31-9-11-32(12-10-31)23-14-22(33)27-26(36-23)21(16-37-27)17-5-3-6-18(13-17)25(29)20-8-4-7-19(15-35-2)24(20)28(30)34/h3-8,13-14,16,29H,9-12,15H2,1-2H3,(H2,30,34). The number of primary amides is 1. The topological polar surface area (TPSA) is 113 Å². The molecule has 37 heavy (non-hydrogen) atoms. The third kappa shape index (κ3) is 4.81. The smallest absolute Gasteiger partial charge is 0.249 e. The van der Waals surface area contributed by atoms with Crippen molar-refractivity contribution in [1.29, 1.82) is 5.41 Å². The number of fused-ring (bicyclic) bond motifs is 1. The van der Waals surface area contributed by atoms with Crippen molar-refractivity contribution in [2.24, 2.45) is 5.73 Å². The molecule has 1 saturated heterocycles. The van der Waals surface area contributed by atoms with Crippen LogP contribution >= 0.6 is 11.3 Å². The quantitative estimate of drug-likeness (QED) is 0.360. The first kappa shape index (κ1) is 24.9. The summed E-state index contributed by atoms with van der Waals surface area (Å²) in [5.41, 5.74) is 9.95. The van der Waals surface area contributed by atoms with Crippen LogP contribution in [0.4, 0.5) is 5.88 Å². The molecule has 0 bridgehead atoms. The maximum absolute atomic E-state index is 12.9. The minimum Gasteiger partial charge on any atom is -0.439 e. The molecule has 3 heterocycles. The van der Waals surface area contributed by atoms with Gasteiger partial charge in [0.2, 0.25) is 11.3 Å². The van der Waals surface area contributed by atoms with Crippen molar-refractivity contribution in [2.75, 3.05) is 45.2 Å². The first-order valence-corrected chi connectivity index (χ1v) is 12.8. The van der Waals surface area contributed by atoms with Crippen molar-refractivity contribution in [3.8, 4) is 11.1 Å². The van der Waals surface area contributed by atoms with Crippen LogP contribution in [0, 0.1) is 5.41 Å². The number of likely N-dealkylation sites (N-methyl/N-ethyl adjacent to an activating group) is 1. The zero-order valence-corrected chi connectivity index (χ0v) is 21.6. The summed E-state index contributed by atoms with van der Waals surface area (Å²) in [6.45, 7) is 3.61. The van der Waals surface area contributed by atoms with E-state index in [9.17, 15) is 9.59 Å². The summed E-state index contributed by atoms with van der Waals surface area (Å²) in [5.74, 6) is -0.0270. The van der Waals surface area contributed by atoms with Crippen molar-refractivity contribution in [3.63, 3.8) is 0 Å². The summed E-state index contributed by atoms with van der Waals surface area (Å²) in [5, 5.41) is 10.8. The largest absolute Gasteiger partial charge is 0.439 e. The van der Waals surface area contributed by atoms with Gasteiger partial charge < -0.3 is 24.7 Å². The van der Waals surface area contributed by atoms with Crippen LogP contribution in [0.15, 0.2) is 63.1 Å². The van der Waals surface area contributed by atoms with E-state index in [1.165, 1.54) is 11.3 Å². The maximum atomic E-state index is 12.9. The minimum absolute atomic E-state index is 0.0589. The summed E-state index contributed by atoms with van der Waals surface area (Å²) in [6.07, 6.45) is 0. The molecule has 0 atom stereocenters. The van der Waals surface area contributed by atoms with E-state index in [4.69, 9.17) is 20.3 Å². The first-order chi connectivity index (χ1) is 17.9. The summed E-state index contributed by atoms with van der Waals surface area (Å²) < 4.78 is 12.1. The van der Waals surface area contributed by atoms with Crippen molar-refractivity contribution in [2.45, 2.75) is 6.61 Å². The Balaban J connectivity index is 1.55. The fourth-order valence-electron chi connectivity index (χ4n) is 4.68. The minimum atomic E-state index is -0.606. The number of piperazine rings is 1. The zero-order valence-electron chi connectivity index (χ0n) is 20.7. The second-order valence-corrected chi connectivity index (χ2v) is 10.0. The van der Waals surface area contributed by atoms with Crippen LogP contribution in [0.1, 0.15) is 27.0 Å². The molecular formula is C28H28N4O4S. The number of methoxy groups -OCH3 is 1. The van der Waals surface area contributed by atoms with Gasteiger partial charge >= 0.3 is 0 Å². The summed E-state index contributed by atoms with van der Waals surface area (Å²) in [6, 6.07) is 14.3. The van der Waals surface area contributed by atoms with Crippen molar-refractivity contribution >= 4 is 39.1 Å². The molecule has 1 fully saturated rings. The Hall–Kier alpha value is -3.79. The van der Waals surface area contributed by atoms with E-state index in [1.807, 2.05) is 29.6 Å². The third-order valence-corrected chi connectivity index (χ3v) is 7.65. The number of benzene rings is 2. The van der Waals surface area contributed by atoms with Crippen LogP contribution in [0.25, 0.3) is 21.4 Å². The van der Waals surface area contributed by atoms with E-state index >= 15 is 0 Å². The van der Waals surface area contributed by atoms with E-state index < -0.39 is 5.91 Å². The fraction of sp³-hybridized carbons (Fsp3) is 0.250. The van der Waals surface area contributed by atoms with Crippen LogP contribution in [0.2, 0.25) is 0 Å². The van der Waals surface area contributed by atoms with E-state index in [2.05, 4.69) is 16.8 Å². The van der Waals surface area contributed by atoms with Gasteiger partial charge in [-0.3, -0.25) is 15.0 Å². The molecule has 0 unspecified atom stereocenters. The van der Waals surface area contributed by atoms with Gasteiger partial charge in [-0.25, -0.2) is 0 Å². The van der Waals surface area contributed by atoms with Gasteiger partial charge in [-0.05, 0) is 24.2 Å². The average Bonchev–Trinajstić information content (AvgIpc) is 3.33. The van der Waals surface area contributed by atoms with Crippen LogP contribution in [0.5, 0.6) is 0 Å². The van der Waals surface area contributed by atoms with Gasteiger partial charge in [0.15, 0.2) is 11.5 Å². The van der Waals surface area contributed by atoms with Gasteiger partial charge in [-0.1, -0.05) is 36.4 Å². The number of hydrogen-bond acceptors (Lipinski definition) is 8. The highest BCUT2D eigenvalue weighted by atomic mass is 32.1. The Labute approximate surface area is 218 Å². The number of nitrogens with one attached hydrogen (secondary N) is 1. The molecule has 1 aliphatic heterocycles. The number of hydrogen-bond donors (Lipinski definition) is 2. The summed E-state index contributed by atoms with van der Waals surface area (Å²) in [7, 11) is 3.63. The van der Waals surface area contributed by atoms with E-state index in [1.54, 1.807) is 31.4 Å². The predicted octanol–water partition coefficient (Wildman–Crippen LogP) is 3.93. The SMILES string of the molecule is COCc1cccc(C(=N)c2cccc(-c3csc4c(=O)cc(N5CCN(C)CC5)oc34)c2)c1C(N)=O. The number of ether oxygens (including phenoxy) is 1. The summed E-state index contributed by atoms with van der Waals surface area (Å²) >= 11 is 1.35.